The molecule has 2 heterocycles. The predicted octanol–water partition coefficient (Wildman–Crippen LogP) is 2.30. The van der Waals surface area contributed by atoms with E-state index in [-0.39, 0.29) is 18.0 Å². The first kappa shape index (κ1) is 15.3. The van der Waals surface area contributed by atoms with Gasteiger partial charge >= 0.3 is 0 Å². The molecule has 0 aliphatic heterocycles. The van der Waals surface area contributed by atoms with E-state index in [0.29, 0.717) is 24.3 Å². The van der Waals surface area contributed by atoms with Crippen molar-refractivity contribution < 1.29 is 4.79 Å². The number of amides is 1. The lowest BCUT2D eigenvalue weighted by Crippen LogP contribution is -2.36. The van der Waals surface area contributed by atoms with Gasteiger partial charge in [0.05, 0.1) is 4.88 Å². The Labute approximate surface area is 144 Å². The molecule has 2 bridgehead atoms. The third kappa shape index (κ3) is 3.06. The molecule has 2 aromatic heterocycles. The molecule has 2 aromatic rings. The summed E-state index contributed by atoms with van der Waals surface area (Å²) in [5, 5.41) is 9.25. The van der Waals surface area contributed by atoms with Crippen LogP contribution in [0.4, 0.5) is 0 Å². The molecule has 3 atom stereocenters. The summed E-state index contributed by atoms with van der Waals surface area (Å²) in [5.41, 5.74) is 0.462. The molecule has 0 aromatic carbocycles. The fourth-order valence-corrected chi connectivity index (χ4v) is 4.37. The number of nitrogens with zero attached hydrogens (tertiary/aromatic N) is 2. The second kappa shape index (κ2) is 6.36. The molecule has 4 rings (SSSR count). The molecule has 2 aliphatic carbocycles. The summed E-state index contributed by atoms with van der Waals surface area (Å²) >= 11 is 1.56. The fourth-order valence-electron chi connectivity index (χ4n) is 3.68. The number of hydrogen-bond acceptors (Lipinski definition) is 4. The lowest BCUT2D eigenvalue weighted by atomic mass is 9.94. The molecule has 6 heteroatoms. The maximum Gasteiger partial charge on any atom is 0.267 e. The average Bonchev–Trinajstić information content (AvgIpc) is 3.32. The van der Waals surface area contributed by atoms with Gasteiger partial charge in [0.2, 0.25) is 5.91 Å². The van der Waals surface area contributed by atoms with Gasteiger partial charge in [0.15, 0.2) is 0 Å². The van der Waals surface area contributed by atoms with Crippen LogP contribution in [0.1, 0.15) is 12.8 Å². The zero-order valence-electron chi connectivity index (χ0n) is 13.2. The van der Waals surface area contributed by atoms with Crippen LogP contribution < -0.4 is 10.9 Å². The monoisotopic (exact) mass is 341 g/mol. The van der Waals surface area contributed by atoms with Crippen LogP contribution >= 0.6 is 11.3 Å². The Kier molecular flexibility index (Phi) is 4.06. The highest BCUT2D eigenvalue weighted by Gasteiger charge is 2.35. The Hall–Kier alpha value is -2.21. The summed E-state index contributed by atoms with van der Waals surface area (Å²) in [6.07, 6.45) is 6.96. The Bertz CT molecular complexity index is 825. The van der Waals surface area contributed by atoms with E-state index in [2.05, 4.69) is 22.6 Å². The van der Waals surface area contributed by atoms with Crippen LogP contribution in [0.25, 0.3) is 10.6 Å². The number of hydrogen-bond donors (Lipinski definition) is 1. The number of carbonyl (C=O) groups excluding carboxylic acids is 1. The minimum absolute atomic E-state index is 0.0330. The molecule has 24 heavy (non-hydrogen) atoms. The Morgan fingerprint density at radius 1 is 1.29 bits per heavy atom. The van der Waals surface area contributed by atoms with Crippen LogP contribution in [0.2, 0.25) is 0 Å². The molecule has 0 saturated heterocycles. The number of allylic oxidation sites excluding steroid dienone is 2. The summed E-state index contributed by atoms with van der Waals surface area (Å²) in [7, 11) is 0. The summed E-state index contributed by atoms with van der Waals surface area (Å²) in [6, 6.07) is 7.05. The van der Waals surface area contributed by atoms with Crippen LogP contribution in [0, 0.1) is 17.8 Å². The summed E-state index contributed by atoms with van der Waals surface area (Å²) < 4.78 is 1.24. The minimum atomic E-state index is -0.256. The molecule has 0 unspecified atom stereocenters. The van der Waals surface area contributed by atoms with Crippen molar-refractivity contribution in [3.8, 4) is 10.6 Å². The molecule has 2 aliphatic rings. The Morgan fingerprint density at radius 2 is 2.21 bits per heavy atom. The minimum Gasteiger partial charge on any atom is -0.354 e. The van der Waals surface area contributed by atoms with Gasteiger partial charge in [-0.25, -0.2) is 4.68 Å². The fraction of sp³-hybridized carbons (Fsp3) is 0.389. The number of thiophene rings is 1. The predicted molar refractivity (Wildman–Crippen MR) is 93.7 cm³/mol. The zero-order valence-corrected chi connectivity index (χ0v) is 14.0. The van der Waals surface area contributed by atoms with Gasteiger partial charge in [-0.2, -0.15) is 5.10 Å². The van der Waals surface area contributed by atoms with Gasteiger partial charge in [0.1, 0.15) is 12.2 Å². The molecule has 1 amide bonds. The molecular formula is C18H19N3O2S. The van der Waals surface area contributed by atoms with E-state index in [9.17, 15) is 9.59 Å². The maximum absolute atomic E-state index is 12.2. The van der Waals surface area contributed by atoms with E-state index >= 15 is 0 Å². The number of rotatable bonds is 5. The van der Waals surface area contributed by atoms with Crippen molar-refractivity contribution in [1.82, 2.24) is 15.1 Å². The van der Waals surface area contributed by atoms with Crippen molar-refractivity contribution in [2.75, 3.05) is 6.54 Å². The first-order chi connectivity index (χ1) is 11.7. The van der Waals surface area contributed by atoms with Gasteiger partial charge in [-0.05, 0) is 48.1 Å². The lowest BCUT2D eigenvalue weighted by molar-refractivity contribution is -0.122. The average molecular weight is 341 g/mol. The molecule has 5 nitrogen and oxygen atoms in total. The van der Waals surface area contributed by atoms with Gasteiger partial charge in [0.25, 0.3) is 5.56 Å². The van der Waals surface area contributed by atoms with Crippen LogP contribution in [-0.4, -0.2) is 22.2 Å². The third-order valence-corrected chi connectivity index (χ3v) is 5.80. The first-order valence-corrected chi connectivity index (χ1v) is 9.14. The third-order valence-electron chi connectivity index (χ3n) is 4.91. The van der Waals surface area contributed by atoms with E-state index in [1.165, 1.54) is 17.2 Å². The van der Waals surface area contributed by atoms with Crippen molar-refractivity contribution >= 4 is 17.2 Å². The van der Waals surface area contributed by atoms with Crippen LogP contribution in [0.5, 0.6) is 0 Å². The Balaban J connectivity index is 1.39. The van der Waals surface area contributed by atoms with Gasteiger partial charge in [-0.1, -0.05) is 18.2 Å². The maximum atomic E-state index is 12.2. The van der Waals surface area contributed by atoms with Gasteiger partial charge < -0.3 is 5.32 Å². The van der Waals surface area contributed by atoms with E-state index in [4.69, 9.17) is 0 Å². The van der Waals surface area contributed by atoms with Crippen molar-refractivity contribution in [3.63, 3.8) is 0 Å². The number of nitrogens with one attached hydrogen (secondary N) is 1. The quantitative estimate of drug-likeness (QED) is 0.849. The first-order valence-electron chi connectivity index (χ1n) is 8.26. The van der Waals surface area contributed by atoms with Crippen molar-refractivity contribution in [2.24, 2.45) is 17.8 Å². The summed E-state index contributed by atoms with van der Waals surface area (Å²) in [5.74, 6) is 1.69. The SMILES string of the molecule is O=C(Cn1nc(-c2cccs2)ccc1=O)NC[C@@H]1C[C@H]2C=C[C@@H]1C2. The number of carbonyl (C=O) groups is 1. The topological polar surface area (TPSA) is 64.0 Å². The highest BCUT2D eigenvalue weighted by atomic mass is 32.1. The summed E-state index contributed by atoms with van der Waals surface area (Å²) in [4.78, 5) is 25.1. The number of aromatic nitrogens is 2. The second-order valence-corrected chi connectivity index (χ2v) is 7.48. The number of fused-ring (bicyclic) bond motifs is 2. The van der Waals surface area contributed by atoms with Crippen LogP contribution in [0.3, 0.4) is 0 Å². The second-order valence-electron chi connectivity index (χ2n) is 6.54. The Morgan fingerprint density at radius 3 is 2.92 bits per heavy atom. The summed E-state index contributed by atoms with van der Waals surface area (Å²) in [6.45, 7) is 0.651. The van der Waals surface area contributed by atoms with E-state index in [1.807, 2.05) is 17.5 Å². The van der Waals surface area contributed by atoms with E-state index < -0.39 is 0 Å². The van der Waals surface area contributed by atoms with Crippen molar-refractivity contribution in [3.05, 3.63) is 52.2 Å². The zero-order chi connectivity index (χ0) is 16.5. The molecule has 124 valence electrons. The highest BCUT2D eigenvalue weighted by molar-refractivity contribution is 7.13. The van der Waals surface area contributed by atoms with Crippen molar-refractivity contribution in [2.45, 2.75) is 19.4 Å². The van der Waals surface area contributed by atoms with E-state index in [1.54, 1.807) is 17.4 Å². The molecule has 0 spiro atoms. The van der Waals surface area contributed by atoms with Crippen LogP contribution in [0.15, 0.2) is 46.6 Å². The van der Waals surface area contributed by atoms with Gasteiger partial charge in [-0.15, -0.1) is 11.3 Å². The smallest absolute Gasteiger partial charge is 0.267 e. The molecular weight excluding hydrogens is 322 g/mol. The molecule has 0 radical (unpaired) electrons. The van der Waals surface area contributed by atoms with Crippen LogP contribution in [-0.2, 0) is 11.3 Å². The lowest BCUT2D eigenvalue weighted by Gasteiger charge is -2.18. The van der Waals surface area contributed by atoms with Crippen molar-refractivity contribution in [1.29, 1.82) is 0 Å². The van der Waals surface area contributed by atoms with Gasteiger partial charge in [0, 0.05) is 12.6 Å². The van der Waals surface area contributed by atoms with Gasteiger partial charge in [-0.3, -0.25) is 9.59 Å². The molecule has 1 N–H and O–H groups in total. The standard InChI is InChI=1S/C18H19N3O2S/c22-17(19-10-14-9-12-3-4-13(14)8-12)11-21-18(23)6-5-15(20-21)16-2-1-7-24-16/h1-7,12-14H,8-11H2,(H,19,22)/t12-,13+,14-/m0/s1. The highest BCUT2D eigenvalue weighted by Crippen LogP contribution is 2.42. The molecule has 1 saturated carbocycles. The largest absolute Gasteiger partial charge is 0.354 e. The molecule has 1 fully saturated rings. The normalized spacial score (nSPS) is 24.4. The van der Waals surface area contributed by atoms with E-state index in [0.717, 1.165) is 17.0 Å².